The fourth-order valence-electron chi connectivity index (χ4n) is 2.72. The molecule has 0 saturated carbocycles. The van der Waals surface area contributed by atoms with E-state index in [1.165, 1.54) is 6.26 Å². The summed E-state index contributed by atoms with van der Waals surface area (Å²) in [6, 6.07) is 11.4. The Bertz CT molecular complexity index is 833. The normalized spacial score (nSPS) is 12.1. The van der Waals surface area contributed by atoms with Crippen LogP contribution in [0.15, 0.2) is 51.5 Å². The molecule has 3 aromatic rings. The first-order valence-corrected chi connectivity index (χ1v) is 7.89. The van der Waals surface area contributed by atoms with Crippen LogP contribution in [0.1, 0.15) is 35.7 Å². The molecule has 24 heavy (non-hydrogen) atoms. The lowest BCUT2D eigenvalue weighted by atomic mass is 10.1. The highest BCUT2D eigenvalue weighted by Gasteiger charge is 2.16. The summed E-state index contributed by atoms with van der Waals surface area (Å²) in [4.78, 5) is 16.6. The number of hydrogen-bond donors (Lipinski definition) is 1. The van der Waals surface area contributed by atoms with Crippen molar-refractivity contribution in [1.82, 2.24) is 10.3 Å². The lowest BCUT2D eigenvalue weighted by Gasteiger charge is -2.12. The molecule has 5 nitrogen and oxygen atoms in total. The molecule has 3 rings (SSSR count). The zero-order chi connectivity index (χ0) is 17.1. The van der Waals surface area contributed by atoms with Crippen LogP contribution in [-0.2, 0) is 11.2 Å². The summed E-state index contributed by atoms with van der Waals surface area (Å²) in [6.45, 7) is 5.73. The maximum absolute atomic E-state index is 12.2. The zero-order valence-corrected chi connectivity index (χ0v) is 14.0. The Hall–Kier alpha value is -2.82. The quantitative estimate of drug-likeness (QED) is 0.771. The first-order chi connectivity index (χ1) is 11.5. The van der Waals surface area contributed by atoms with Gasteiger partial charge in [0.2, 0.25) is 11.8 Å². The monoisotopic (exact) mass is 324 g/mol. The van der Waals surface area contributed by atoms with E-state index in [-0.39, 0.29) is 18.4 Å². The third-order valence-electron chi connectivity index (χ3n) is 3.84. The van der Waals surface area contributed by atoms with E-state index >= 15 is 0 Å². The van der Waals surface area contributed by atoms with E-state index in [0.717, 1.165) is 22.6 Å². The highest BCUT2D eigenvalue weighted by molar-refractivity contribution is 5.78. The number of nitrogens with zero attached hydrogens (tertiary/aromatic N) is 1. The van der Waals surface area contributed by atoms with Crippen LogP contribution < -0.4 is 5.32 Å². The Morgan fingerprint density at radius 1 is 1.25 bits per heavy atom. The predicted molar refractivity (Wildman–Crippen MR) is 90.4 cm³/mol. The molecule has 1 amide bonds. The molecule has 0 aliphatic carbocycles. The number of aromatic nitrogens is 1. The van der Waals surface area contributed by atoms with Crippen molar-refractivity contribution in [3.63, 3.8) is 0 Å². The Morgan fingerprint density at radius 3 is 2.67 bits per heavy atom. The molecular formula is C19H20N2O3. The molecule has 124 valence electrons. The molecule has 0 bridgehead atoms. The van der Waals surface area contributed by atoms with Gasteiger partial charge in [-0.25, -0.2) is 4.98 Å². The van der Waals surface area contributed by atoms with Gasteiger partial charge in [0.05, 0.1) is 18.2 Å². The number of hydrogen-bond acceptors (Lipinski definition) is 4. The molecule has 0 aliphatic heterocycles. The van der Waals surface area contributed by atoms with Crippen molar-refractivity contribution < 1.29 is 13.6 Å². The van der Waals surface area contributed by atoms with Gasteiger partial charge < -0.3 is 14.2 Å². The van der Waals surface area contributed by atoms with Crippen LogP contribution in [0.2, 0.25) is 0 Å². The molecule has 2 aromatic heterocycles. The van der Waals surface area contributed by atoms with Crippen molar-refractivity contribution in [2.45, 2.75) is 33.2 Å². The number of benzene rings is 1. The van der Waals surface area contributed by atoms with Crippen molar-refractivity contribution in [2.24, 2.45) is 0 Å². The number of aryl methyl sites for hydroxylation is 2. The maximum atomic E-state index is 12.2. The van der Waals surface area contributed by atoms with E-state index in [2.05, 4.69) is 10.3 Å². The Morgan fingerprint density at radius 2 is 2.00 bits per heavy atom. The summed E-state index contributed by atoms with van der Waals surface area (Å²) < 4.78 is 11.0. The minimum absolute atomic E-state index is 0.103. The van der Waals surface area contributed by atoms with Crippen molar-refractivity contribution in [1.29, 1.82) is 0 Å². The van der Waals surface area contributed by atoms with Crippen molar-refractivity contribution in [2.75, 3.05) is 0 Å². The fourth-order valence-corrected chi connectivity index (χ4v) is 2.72. The minimum Gasteiger partial charge on any atom is -0.466 e. The van der Waals surface area contributed by atoms with E-state index in [9.17, 15) is 4.79 Å². The summed E-state index contributed by atoms with van der Waals surface area (Å²) in [7, 11) is 0. The first-order valence-electron chi connectivity index (χ1n) is 7.89. The van der Waals surface area contributed by atoms with Gasteiger partial charge in [-0.3, -0.25) is 4.79 Å². The molecule has 2 heterocycles. The molecule has 5 heteroatoms. The zero-order valence-electron chi connectivity index (χ0n) is 14.0. The van der Waals surface area contributed by atoms with Gasteiger partial charge in [0.15, 0.2) is 0 Å². The molecule has 0 saturated heterocycles. The average molecular weight is 324 g/mol. The van der Waals surface area contributed by atoms with Gasteiger partial charge in [-0.15, -0.1) is 0 Å². The molecule has 1 aromatic carbocycles. The third-order valence-corrected chi connectivity index (χ3v) is 3.84. The minimum atomic E-state index is -0.115. The molecule has 1 N–H and O–H groups in total. The average Bonchev–Trinajstić information content (AvgIpc) is 3.14. The molecule has 0 unspecified atom stereocenters. The highest BCUT2D eigenvalue weighted by Crippen LogP contribution is 2.22. The van der Waals surface area contributed by atoms with Crippen LogP contribution in [-0.4, -0.2) is 10.9 Å². The summed E-state index contributed by atoms with van der Waals surface area (Å²) >= 11 is 0. The van der Waals surface area contributed by atoms with Crippen molar-refractivity contribution in [3.05, 3.63) is 65.4 Å². The van der Waals surface area contributed by atoms with Gasteiger partial charge in [-0.05, 0) is 39.0 Å². The number of carbonyl (C=O) groups is 1. The van der Waals surface area contributed by atoms with Crippen molar-refractivity contribution >= 4 is 5.91 Å². The SMILES string of the molecule is Cc1cc([C@@H](C)NC(=O)Cc2coc(-c3ccccc3)n2)c(C)o1. The second-order valence-electron chi connectivity index (χ2n) is 5.84. The molecule has 1 atom stereocenters. The van der Waals surface area contributed by atoms with Gasteiger partial charge in [-0.1, -0.05) is 18.2 Å². The lowest BCUT2D eigenvalue weighted by Crippen LogP contribution is -2.28. The molecule has 0 aliphatic rings. The summed E-state index contributed by atoms with van der Waals surface area (Å²) in [5.41, 5.74) is 2.49. The van der Waals surface area contributed by atoms with Gasteiger partial charge in [0.1, 0.15) is 17.8 Å². The maximum Gasteiger partial charge on any atom is 0.226 e. The van der Waals surface area contributed by atoms with E-state index in [1.54, 1.807) is 0 Å². The second kappa shape index (κ2) is 6.74. The lowest BCUT2D eigenvalue weighted by molar-refractivity contribution is -0.121. The summed E-state index contributed by atoms with van der Waals surface area (Å²) in [6.07, 6.45) is 1.70. The summed E-state index contributed by atoms with van der Waals surface area (Å²) in [5.74, 6) is 2.09. The second-order valence-corrected chi connectivity index (χ2v) is 5.84. The fraction of sp³-hybridized carbons (Fsp3) is 0.263. The Balaban J connectivity index is 1.63. The standard InChI is InChI=1S/C19H20N2O3/c1-12-9-17(14(3)24-12)13(2)20-18(22)10-16-11-23-19(21-16)15-7-5-4-6-8-15/h4-9,11,13H,10H2,1-3H3,(H,20,22)/t13-/m1/s1. The molecule has 0 fully saturated rings. The number of amides is 1. The van der Waals surface area contributed by atoms with E-state index in [4.69, 9.17) is 8.83 Å². The third kappa shape index (κ3) is 3.56. The van der Waals surface area contributed by atoms with Crippen LogP contribution in [0.4, 0.5) is 0 Å². The number of carbonyl (C=O) groups excluding carboxylic acids is 1. The molecule has 0 radical (unpaired) electrons. The van der Waals surface area contributed by atoms with Crippen LogP contribution in [0.3, 0.4) is 0 Å². The van der Waals surface area contributed by atoms with Crippen LogP contribution in [0.25, 0.3) is 11.5 Å². The van der Waals surface area contributed by atoms with E-state index < -0.39 is 0 Å². The topological polar surface area (TPSA) is 68.3 Å². The first kappa shape index (κ1) is 16.1. The number of rotatable bonds is 5. The van der Waals surface area contributed by atoms with Gasteiger partial charge >= 0.3 is 0 Å². The number of oxazole rings is 1. The highest BCUT2D eigenvalue weighted by atomic mass is 16.3. The van der Waals surface area contributed by atoms with E-state index in [0.29, 0.717) is 11.6 Å². The van der Waals surface area contributed by atoms with Crippen molar-refractivity contribution in [3.8, 4) is 11.5 Å². The molecule has 0 spiro atoms. The summed E-state index contributed by atoms with van der Waals surface area (Å²) in [5, 5.41) is 2.97. The predicted octanol–water partition coefficient (Wildman–Crippen LogP) is 3.97. The Kier molecular flexibility index (Phi) is 4.51. The number of furan rings is 1. The van der Waals surface area contributed by atoms with E-state index in [1.807, 2.05) is 57.2 Å². The molecular weight excluding hydrogens is 304 g/mol. The van der Waals surface area contributed by atoms with Crippen LogP contribution >= 0.6 is 0 Å². The number of nitrogens with one attached hydrogen (secondary N) is 1. The smallest absolute Gasteiger partial charge is 0.226 e. The van der Waals surface area contributed by atoms with Crippen LogP contribution in [0.5, 0.6) is 0 Å². The van der Waals surface area contributed by atoms with Crippen LogP contribution in [0, 0.1) is 13.8 Å². The van der Waals surface area contributed by atoms with Gasteiger partial charge in [-0.2, -0.15) is 0 Å². The van der Waals surface area contributed by atoms with Gasteiger partial charge in [0.25, 0.3) is 0 Å². The largest absolute Gasteiger partial charge is 0.466 e. The Labute approximate surface area is 140 Å². The van der Waals surface area contributed by atoms with Gasteiger partial charge in [0, 0.05) is 11.1 Å².